The van der Waals surface area contributed by atoms with Gasteiger partial charge in [-0.25, -0.2) is 4.79 Å². The fourth-order valence-electron chi connectivity index (χ4n) is 2.05. The molecule has 23 heavy (non-hydrogen) atoms. The van der Waals surface area contributed by atoms with Gasteiger partial charge in [0.15, 0.2) is 16.4 Å². The predicted octanol–water partition coefficient (Wildman–Crippen LogP) is 0.169. The van der Waals surface area contributed by atoms with Gasteiger partial charge < -0.3 is 8.92 Å². The highest BCUT2D eigenvalue weighted by atomic mass is 32.2. The van der Waals surface area contributed by atoms with E-state index in [4.69, 9.17) is 8.92 Å². The molecular weight excluding hydrogens is 324 g/mol. The fourth-order valence-corrected chi connectivity index (χ4v) is 3.36. The van der Waals surface area contributed by atoms with Gasteiger partial charge in [-0.1, -0.05) is 12.1 Å². The number of para-hydroxylation sites is 2. The first kappa shape index (κ1) is 16.8. The van der Waals surface area contributed by atoms with E-state index in [-0.39, 0.29) is 17.2 Å². The van der Waals surface area contributed by atoms with Crippen LogP contribution in [0.25, 0.3) is 0 Å². The summed E-state index contributed by atoms with van der Waals surface area (Å²) in [5.74, 6) is 0.153. The van der Waals surface area contributed by atoms with Crippen molar-refractivity contribution in [2.75, 3.05) is 7.11 Å². The number of nitrogens with zero attached hydrogens (tertiary/aromatic N) is 2. The van der Waals surface area contributed by atoms with Crippen LogP contribution < -0.4 is 20.2 Å². The van der Waals surface area contributed by atoms with Crippen LogP contribution in [0.1, 0.15) is 5.69 Å². The molecule has 2 rings (SSSR count). The van der Waals surface area contributed by atoms with Gasteiger partial charge in [0.2, 0.25) is 0 Å². The molecule has 0 fully saturated rings. The molecule has 0 unspecified atom stereocenters. The molecule has 0 amide bonds. The molecule has 2 aromatic rings. The van der Waals surface area contributed by atoms with Crippen LogP contribution >= 0.6 is 0 Å². The van der Waals surface area contributed by atoms with Crippen LogP contribution in [-0.4, -0.2) is 24.7 Å². The van der Waals surface area contributed by atoms with Crippen LogP contribution in [0.3, 0.4) is 0 Å². The molecule has 9 heteroatoms. The Morgan fingerprint density at radius 3 is 2.13 bits per heavy atom. The van der Waals surface area contributed by atoms with Crippen molar-refractivity contribution in [1.82, 2.24) is 9.13 Å². The highest BCUT2D eigenvalue weighted by Crippen LogP contribution is 2.28. The molecule has 124 valence electrons. The Kier molecular flexibility index (Phi) is 4.33. The first-order valence-electron chi connectivity index (χ1n) is 6.55. The maximum Gasteiger partial charge on any atom is 0.346 e. The Morgan fingerprint density at radius 1 is 1.00 bits per heavy atom. The summed E-state index contributed by atoms with van der Waals surface area (Å²) in [6, 6.07) is 6.14. The molecule has 0 saturated heterocycles. The zero-order valence-electron chi connectivity index (χ0n) is 13.1. The SMILES string of the molecule is COc1ccccc1OS(=O)(=O)c1c(C)n(C)c(=O)n(C)c1=O. The van der Waals surface area contributed by atoms with E-state index in [0.29, 0.717) is 4.57 Å². The Balaban J connectivity index is 2.67. The number of hydrogen-bond donors (Lipinski definition) is 0. The summed E-state index contributed by atoms with van der Waals surface area (Å²) in [5.41, 5.74) is -1.57. The zero-order chi connectivity index (χ0) is 17.4. The second kappa shape index (κ2) is 5.92. The Bertz CT molecular complexity index is 972. The lowest BCUT2D eigenvalue weighted by atomic mass is 10.3. The van der Waals surface area contributed by atoms with Crippen molar-refractivity contribution < 1.29 is 17.3 Å². The van der Waals surface area contributed by atoms with Gasteiger partial charge in [-0.3, -0.25) is 13.9 Å². The third-order valence-corrected chi connectivity index (χ3v) is 4.79. The van der Waals surface area contributed by atoms with Gasteiger partial charge in [0, 0.05) is 19.8 Å². The molecule has 0 bridgehead atoms. The molecule has 0 aliphatic heterocycles. The number of rotatable bonds is 4. The summed E-state index contributed by atoms with van der Waals surface area (Å²) in [4.78, 5) is 23.4. The summed E-state index contributed by atoms with van der Waals surface area (Å²) >= 11 is 0. The van der Waals surface area contributed by atoms with Crippen LogP contribution in [0.2, 0.25) is 0 Å². The smallest absolute Gasteiger partial charge is 0.346 e. The number of ether oxygens (including phenoxy) is 1. The van der Waals surface area contributed by atoms with Gasteiger partial charge in [-0.05, 0) is 19.1 Å². The number of benzene rings is 1. The molecular formula is C14H16N2O6S. The van der Waals surface area contributed by atoms with Gasteiger partial charge in [0.1, 0.15) is 0 Å². The minimum Gasteiger partial charge on any atom is -0.493 e. The van der Waals surface area contributed by atoms with Gasteiger partial charge in [-0.2, -0.15) is 8.42 Å². The third kappa shape index (κ3) is 2.87. The molecule has 1 heterocycles. The van der Waals surface area contributed by atoms with Gasteiger partial charge in [-0.15, -0.1) is 0 Å². The number of hydrogen-bond acceptors (Lipinski definition) is 6. The van der Waals surface area contributed by atoms with E-state index < -0.39 is 26.3 Å². The fraction of sp³-hybridized carbons (Fsp3) is 0.286. The van der Waals surface area contributed by atoms with Crippen molar-refractivity contribution in [2.45, 2.75) is 11.8 Å². The average molecular weight is 340 g/mol. The molecule has 0 atom stereocenters. The first-order chi connectivity index (χ1) is 10.7. The topological polar surface area (TPSA) is 96.6 Å². The molecule has 1 aromatic carbocycles. The quantitative estimate of drug-likeness (QED) is 0.736. The molecule has 0 aliphatic carbocycles. The summed E-state index contributed by atoms with van der Waals surface area (Å²) < 4.78 is 36.9. The standard InChI is InChI=1S/C14H16N2O6S/c1-9-12(13(17)16(3)14(18)15(9)2)23(19,20)22-11-8-6-5-7-10(11)21-4/h5-8H,1-4H3. The van der Waals surface area contributed by atoms with Gasteiger partial charge >= 0.3 is 15.8 Å². The van der Waals surface area contributed by atoms with Crippen molar-refractivity contribution in [2.24, 2.45) is 14.1 Å². The van der Waals surface area contributed by atoms with Crippen molar-refractivity contribution in [1.29, 1.82) is 0 Å². The maximum absolute atomic E-state index is 12.5. The molecule has 0 spiro atoms. The van der Waals surface area contributed by atoms with Crippen LogP contribution in [-0.2, 0) is 24.2 Å². The minimum atomic E-state index is -4.44. The van der Waals surface area contributed by atoms with Gasteiger partial charge in [0.05, 0.1) is 7.11 Å². The summed E-state index contributed by atoms with van der Waals surface area (Å²) in [6.07, 6.45) is 0. The van der Waals surface area contributed by atoms with E-state index in [1.807, 2.05) is 0 Å². The van der Waals surface area contributed by atoms with E-state index in [0.717, 1.165) is 4.57 Å². The second-order valence-electron chi connectivity index (χ2n) is 4.81. The summed E-state index contributed by atoms with van der Waals surface area (Å²) in [5, 5.41) is 0. The Labute approximate surface area is 132 Å². The van der Waals surface area contributed by atoms with Crippen LogP contribution in [0, 0.1) is 6.92 Å². The molecule has 0 N–H and O–H groups in total. The summed E-state index contributed by atoms with van der Waals surface area (Å²) in [6.45, 7) is 1.36. The zero-order valence-corrected chi connectivity index (χ0v) is 13.9. The monoisotopic (exact) mass is 340 g/mol. The van der Waals surface area contributed by atoms with Crippen molar-refractivity contribution in [3.8, 4) is 11.5 Å². The molecule has 0 saturated carbocycles. The van der Waals surface area contributed by atoms with E-state index in [1.54, 1.807) is 12.1 Å². The minimum absolute atomic E-state index is 0.00648. The molecule has 1 aromatic heterocycles. The van der Waals surface area contributed by atoms with Crippen LogP contribution in [0.5, 0.6) is 11.5 Å². The van der Waals surface area contributed by atoms with Crippen molar-refractivity contribution in [3.05, 3.63) is 50.8 Å². The van der Waals surface area contributed by atoms with E-state index in [2.05, 4.69) is 0 Å². The lowest BCUT2D eigenvalue weighted by Gasteiger charge is -2.14. The van der Waals surface area contributed by atoms with E-state index in [9.17, 15) is 18.0 Å². The average Bonchev–Trinajstić information content (AvgIpc) is 2.51. The second-order valence-corrected chi connectivity index (χ2v) is 6.29. The van der Waals surface area contributed by atoms with Crippen LogP contribution in [0.15, 0.2) is 38.8 Å². The predicted molar refractivity (Wildman–Crippen MR) is 82.5 cm³/mol. The number of aromatic nitrogens is 2. The summed E-state index contributed by atoms with van der Waals surface area (Å²) in [7, 11) is -0.501. The van der Waals surface area contributed by atoms with E-state index in [1.165, 1.54) is 40.3 Å². The highest BCUT2D eigenvalue weighted by Gasteiger charge is 2.28. The van der Waals surface area contributed by atoms with Crippen LogP contribution in [0.4, 0.5) is 0 Å². The number of methoxy groups -OCH3 is 1. The molecule has 0 radical (unpaired) electrons. The lowest BCUT2D eigenvalue weighted by molar-refractivity contribution is 0.390. The van der Waals surface area contributed by atoms with Crippen molar-refractivity contribution in [3.63, 3.8) is 0 Å². The molecule has 0 aliphatic rings. The Morgan fingerprint density at radius 2 is 1.57 bits per heavy atom. The highest BCUT2D eigenvalue weighted by molar-refractivity contribution is 7.87. The van der Waals surface area contributed by atoms with Crippen molar-refractivity contribution >= 4 is 10.1 Å². The van der Waals surface area contributed by atoms with Gasteiger partial charge in [0.25, 0.3) is 5.56 Å². The normalized spacial score (nSPS) is 11.3. The lowest BCUT2D eigenvalue weighted by Crippen LogP contribution is -2.41. The Hall–Kier alpha value is -2.55. The largest absolute Gasteiger partial charge is 0.493 e. The maximum atomic E-state index is 12.5. The molecule has 8 nitrogen and oxygen atoms in total. The third-order valence-electron chi connectivity index (χ3n) is 3.42. The first-order valence-corrected chi connectivity index (χ1v) is 7.95. The van der Waals surface area contributed by atoms with E-state index >= 15 is 0 Å².